The summed E-state index contributed by atoms with van der Waals surface area (Å²) in [6, 6.07) is 7.73. The molecule has 2 rings (SSSR count). The SMILES string of the molecule is CCCCN(CC)c1ccc(OC(F)(F)F)cc1CN(Cc1cc(C#N)cc(C(F)(F)F)c1)C(=O)O. The van der Waals surface area contributed by atoms with Gasteiger partial charge < -0.3 is 14.7 Å². The number of nitrogens with zero attached hydrogens (tertiary/aromatic N) is 3. The van der Waals surface area contributed by atoms with Crippen LogP contribution in [0.2, 0.25) is 0 Å². The number of halogens is 6. The van der Waals surface area contributed by atoms with Crippen LogP contribution in [0.4, 0.5) is 36.8 Å². The van der Waals surface area contributed by atoms with Crippen molar-refractivity contribution in [3.8, 4) is 11.8 Å². The predicted molar refractivity (Wildman–Crippen MR) is 119 cm³/mol. The Hall–Kier alpha value is -3.62. The molecule has 0 heterocycles. The Bertz CT molecular complexity index is 1100. The summed E-state index contributed by atoms with van der Waals surface area (Å²) in [6.45, 7) is 3.88. The zero-order chi connectivity index (χ0) is 27.1. The monoisotopic (exact) mass is 517 g/mol. The molecular weight excluding hydrogens is 492 g/mol. The Labute approximate surface area is 204 Å². The summed E-state index contributed by atoms with van der Waals surface area (Å²) in [6.07, 6.45) is -9.61. The number of alkyl halides is 6. The number of benzene rings is 2. The summed E-state index contributed by atoms with van der Waals surface area (Å²) in [4.78, 5) is 14.6. The van der Waals surface area contributed by atoms with Crippen LogP contribution < -0.4 is 9.64 Å². The molecule has 0 saturated carbocycles. The summed E-state index contributed by atoms with van der Waals surface area (Å²) in [5, 5.41) is 18.8. The normalized spacial score (nSPS) is 11.6. The van der Waals surface area contributed by atoms with Gasteiger partial charge in [0.15, 0.2) is 0 Å². The summed E-state index contributed by atoms with van der Waals surface area (Å²) < 4.78 is 82.1. The van der Waals surface area contributed by atoms with Gasteiger partial charge in [-0.15, -0.1) is 13.2 Å². The van der Waals surface area contributed by atoms with E-state index in [9.17, 15) is 36.2 Å². The first-order chi connectivity index (χ1) is 16.8. The largest absolute Gasteiger partial charge is 0.573 e. The fourth-order valence-electron chi connectivity index (χ4n) is 3.62. The Balaban J connectivity index is 2.49. The van der Waals surface area contributed by atoms with E-state index in [2.05, 4.69) is 4.74 Å². The van der Waals surface area contributed by atoms with E-state index in [0.29, 0.717) is 24.8 Å². The van der Waals surface area contributed by atoms with Crippen LogP contribution in [0.1, 0.15) is 48.9 Å². The van der Waals surface area contributed by atoms with Gasteiger partial charge in [-0.05, 0) is 60.9 Å². The molecule has 12 heteroatoms. The Kier molecular flexibility index (Phi) is 9.44. The maximum atomic E-state index is 13.2. The Morgan fingerprint density at radius 1 is 1.06 bits per heavy atom. The van der Waals surface area contributed by atoms with Crippen LogP contribution in [0.5, 0.6) is 5.75 Å². The van der Waals surface area contributed by atoms with Gasteiger partial charge in [-0.25, -0.2) is 4.79 Å². The predicted octanol–water partition coefficient (Wildman–Crippen LogP) is 6.78. The number of ether oxygens (including phenoxy) is 1. The highest BCUT2D eigenvalue weighted by molar-refractivity contribution is 5.66. The molecule has 2 aromatic carbocycles. The van der Waals surface area contributed by atoms with E-state index in [4.69, 9.17) is 5.26 Å². The number of carbonyl (C=O) groups is 1. The topological polar surface area (TPSA) is 76.8 Å². The van der Waals surface area contributed by atoms with Crippen LogP contribution in [-0.4, -0.2) is 35.6 Å². The molecule has 1 amide bonds. The molecule has 6 nitrogen and oxygen atoms in total. The van der Waals surface area contributed by atoms with Crippen molar-refractivity contribution in [3.05, 3.63) is 58.7 Å². The first-order valence-corrected chi connectivity index (χ1v) is 11.0. The van der Waals surface area contributed by atoms with E-state index >= 15 is 0 Å². The van der Waals surface area contributed by atoms with E-state index in [1.165, 1.54) is 6.07 Å². The van der Waals surface area contributed by atoms with E-state index in [1.54, 1.807) is 6.07 Å². The lowest BCUT2D eigenvalue weighted by molar-refractivity contribution is -0.274. The van der Waals surface area contributed by atoms with E-state index in [1.807, 2.05) is 18.7 Å². The maximum Gasteiger partial charge on any atom is 0.573 e. The summed E-state index contributed by atoms with van der Waals surface area (Å²) >= 11 is 0. The fraction of sp³-hybridized carbons (Fsp3) is 0.417. The van der Waals surface area contributed by atoms with Crippen LogP contribution in [-0.2, 0) is 19.3 Å². The highest BCUT2D eigenvalue weighted by atomic mass is 19.4. The number of carboxylic acid groups (broad SMARTS) is 1. The van der Waals surface area contributed by atoms with Gasteiger partial charge >= 0.3 is 18.6 Å². The van der Waals surface area contributed by atoms with Gasteiger partial charge in [0.25, 0.3) is 0 Å². The number of rotatable bonds is 10. The van der Waals surface area contributed by atoms with Crippen molar-refractivity contribution >= 4 is 11.8 Å². The minimum Gasteiger partial charge on any atom is -0.465 e. The summed E-state index contributed by atoms with van der Waals surface area (Å²) in [5.74, 6) is -0.552. The third-order valence-electron chi connectivity index (χ3n) is 5.24. The van der Waals surface area contributed by atoms with Crippen LogP contribution in [0.3, 0.4) is 0 Å². The molecule has 2 aromatic rings. The van der Waals surface area contributed by atoms with Crippen molar-refractivity contribution in [2.24, 2.45) is 0 Å². The van der Waals surface area contributed by atoms with Crippen molar-refractivity contribution in [1.82, 2.24) is 4.90 Å². The molecule has 0 radical (unpaired) electrons. The molecule has 0 spiro atoms. The number of nitriles is 1. The van der Waals surface area contributed by atoms with Gasteiger partial charge in [0.1, 0.15) is 5.75 Å². The minimum atomic E-state index is -4.97. The lowest BCUT2D eigenvalue weighted by atomic mass is 10.0. The number of anilines is 1. The molecule has 36 heavy (non-hydrogen) atoms. The standard InChI is InChI=1S/C24H25F6N3O3/c1-3-5-8-32(4-2)21-7-6-20(36-24(28,29)30)12-18(21)15-33(22(34)35)14-17-9-16(13-31)10-19(11-17)23(25,26)27/h6-7,9-12H,3-5,8,14-15H2,1-2H3,(H,34,35). The molecule has 0 aromatic heterocycles. The average Bonchev–Trinajstić information content (AvgIpc) is 2.78. The van der Waals surface area contributed by atoms with Gasteiger partial charge in [0.05, 0.1) is 23.7 Å². The van der Waals surface area contributed by atoms with Crippen molar-refractivity contribution in [3.63, 3.8) is 0 Å². The van der Waals surface area contributed by atoms with Crippen LogP contribution >= 0.6 is 0 Å². The number of hydrogen-bond acceptors (Lipinski definition) is 4. The quantitative estimate of drug-likeness (QED) is 0.352. The van der Waals surface area contributed by atoms with Crippen molar-refractivity contribution in [2.45, 2.75) is 52.3 Å². The smallest absolute Gasteiger partial charge is 0.465 e. The molecule has 0 bridgehead atoms. The molecule has 0 fully saturated rings. The molecule has 0 aliphatic rings. The first-order valence-electron chi connectivity index (χ1n) is 11.0. The molecule has 0 unspecified atom stereocenters. The number of amides is 1. The highest BCUT2D eigenvalue weighted by Gasteiger charge is 2.33. The fourth-order valence-corrected chi connectivity index (χ4v) is 3.62. The van der Waals surface area contributed by atoms with Crippen molar-refractivity contribution in [1.29, 1.82) is 5.26 Å². The zero-order valence-electron chi connectivity index (χ0n) is 19.6. The third-order valence-corrected chi connectivity index (χ3v) is 5.24. The van der Waals surface area contributed by atoms with Gasteiger partial charge in [-0.3, -0.25) is 4.90 Å². The Morgan fingerprint density at radius 3 is 2.28 bits per heavy atom. The molecule has 0 atom stereocenters. The molecule has 1 N–H and O–H groups in total. The first kappa shape index (κ1) is 28.6. The molecule has 0 saturated heterocycles. The lowest BCUT2D eigenvalue weighted by Gasteiger charge is -2.28. The molecule has 0 aliphatic heterocycles. The van der Waals surface area contributed by atoms with Crippen LogP contribution in [0.15, 0.2) is 36.4 Å². The Morgan fingerprint density at radius 2 is 1.75 bits per heavy atom. The van der Waals surface area contributed by atoms with Gasteiger partial charge in [-0.2, -0.15) is 18.4 Å². The van der Waals surface area contributed by atoms with Crippen molar-refractivity contribution < 1.29 is 41.0 Å². The minimum absolute atomic E-state index is 0.0913. The number of unbranched alkanes of at least 4 members (excludes halogenated alkanes) is 1. The summed E-state index contributed by atoms with van der Waals surface area (Å²) in [5.41, 5.74) is -0.840. The molecular formula is C24H25F6N3O3. The maximum absolute atomic E-state index is 13.2. The number of hydrogen-bond donors (Lipinski definition) is 1. The molecule has 196 valence electrons. The van der Waals surface area contributed by atoms with Crippen LogP contribution in [0.25, 0.3) is 0 Å². The van der Waals surface area contributed by atoms with Crippen LogP contribution in [0, 0.1) is 11.3 Å². The average molecular weight is 517 g/mol. The second kappa shape index (κ2) is 11.9. The zero-order valence-corrected chi connectivity index (χ0v) is 19.6. The van der Waals surface area contributed by atoms with E-state index in [-0.39, 0.29) is 16.7 Å². The van der Waals surface area contributed by atoms with Gasteiger partial charge in [0, 0.05) is 25.3 Å². The van der Waals surface area contributed by atoms with Crippen molar-refractivity contribution in [2.75, 3.05) is 18.0 Å². The second-order valence-corrected chi connectivity index (χ2v) is 7.94. The summed E-state index contributed by atoms with van der Waals surface area (Å²) in [7, 11) is 0. The van der Waals surface area contributed by atoms with Gasteiger partial charge in [0.2, 0.25) is 0 Å². The third kappa shape index (κ3) is 8.25. The highest BCUT2D eigenvalue weighted by Crippen LogP contribution is 2.33. The molecule has 0 aliphatic carbocycles. The van der Waals surface area contributed by atoms with E-state index in [0.717, 1.165) is 42.0 Å². The second-order valence-electron chi connectivity index (χ2n) is 7.94. The lowest BCUT2D eigenvalue weighted by Crippen LogP contribution is -2.31. The van der Waals surface area contributed by atoms with E-state index < -0.39 is 43.0 Å². The van der Waals surface area contributed by atoms with Gasteiger partial charge in [-0.1, -0.05) is 13.3 Å².